The number of amides is 1. The molecule has 0 saturated carbocycles. The monoisotopic (exact) mass is 523 g/mol. The number of hydrogen-bond acceptors (Lipinski definition) is 7. The van der Waals surface area contributed by atoms with Crippen LogP contribution in [0.4, 0.5) is 5.82 Å². The fourth-order valence-electron chi connectivity index (χ4n) is 5.80. The van der Waals surface area contributed by atoms with Crippen molar-refractivity contribution in [3.8, 4) is 5.69 Å². The topological polar surface area (TPSA) is 114 Å². The second-order valence-corrected chi connectivity index (χ2v) is 11.7. The van der Waals surface area contributed by atoms with Crippen LogP contribution < -0.4 is 22.1 Å². The molecule has 4 N–H and O–H groups in total. The summed E-state index contributed by atoms with van der Waals surface area (Å²) in [5.74, 6) is 1.82. The summed E-state index contributed by atoms with van der Waals surface area (Å²) in [4.78, 5) is 36.2. The lowest BCUT2D eigenvalue weighted by atomic mass is 9.99. The molecule has 4 rings (SSSR count). The van der Waals surface area contributed by atoms with Crippen molar-refractivity contribution in [2.24, 2.45) is 23.3 Å². The summed E-state index contributed by atoms with van der Waals surface area (Å²) in [6.45, 7) is 13.3. The molecule has 2 unspecified atom stereocenters. The van der Waals surface area contributed by atoms with E-state index in [0.717, 1.165) is 38.2 Å². The van der Waals surface area contributed by atoms with Crippen LogP contribution in [-0.4, -0.2) is 82.7 Å². The van der Waals surface area contributed by atoms with Crippen LogP contribution in [0.3, 0.4) is 0 Å². The highest BCUT2D eigenvalue weighted by Crippen LogP contribution is 2.27. The van der Waals surface area contributed by atoms with Crippen molar-refractivity contribution in [3.63, 3.8) is 0 Å². The molecule has 3 heterocycles. The SMILES string of the molecule is CCCC(Cc1ccc(-n2ccc(N3CCN(C(=O)C(C)(C)N)CC3)nc2=O)cc1)N1CC(C)[C@H](CN)C1. The van der Waals surface area contributed by atoms with E-state index in [1.54, 1.807) is 29.5 Å². The first kappa shape index (κ1) is 28.3. The number of nitrogens with two attached hydrogens (primary N) is 2. The number of rotatable bonds is 9. The molecule has 3 atom stereocenters. The van der Waals surface area contributed by atoms with Crippen LogP contribution in [0, 0.1) is 11.8 Å². The number of benzene rings is 1. The summed E-state index contributed by atoms with van der Waals surface area (Å²) in [6, 6.07) is 10.7. The van der Waals surface area contributed by atoms with E-state index in [9.17, 15) is 9.59 Å². The van der Waals surface area contributed by atoms with Gasteiger partial charge in [0.1, 0.15) is 5.82 Å². The summed E-state index contributed by atoms with van der Waals surface area (Å²) in [6.07, 6.45) is 5.12. The van der Waals surface area contributed by atoms with E-state index in [1.165, 1.54) is 12.0 Å². The molecule has 0 aliphatic carbocycles. The number of likely N-dealkylation sites (tertiary alicyclic amines) is 1. The number of carbonyl (C=O) groups excluding carboxylic acids is 1. The summed E-state index contributed by atoms with van der Waals surface area (Å²) in [5.41, 5.74) is 12.9. The molecule has 0 spiro atoms. The maximum absolute atomic E-state index is 12.9. The Hall–Kier alpha value is -2.75. The average molecular weight is 524 g/mol. The van der Waals surface area contributed by atoms with Gasteiger partial charge in [0.25, 0.3) is 0 Å². The molecule has 2 aliphatic rings. The molecule has 2 aliphatic heterocycles. The molecule has 38 heavy (non-hydrogen) atoms. The van der Waals surface area contributed by atoms with Gasteiger partial charge in [0.15, 0.2) is 0 Å². The first-order valence-corrected chi connectivity index (χ1v) is 14.1. The first-order valence-electron chi connectivity index (χ1n) is 14.1. The minimum atomic E-state index is -0.881. The van der Waals surface area contributed by atoms with Gasteiger partial charge < -0.3 is 21.3 Å². The molecule has 0 radical (unpaired) electrons. The van der Waals surface area contributed by atoms with Crippen LogP contribution in [0.15, 0.2) is 41.3 Å². The first-order chi connectivity index (χ1) is 18.1. The van der Waals surface area contributed by atoms with Crippen molar-refractivity contribution in [2.45, 2.75) is 58.5 Å². The van der Waals surface area contributed by atoms with Gasteiger partial charge in [-0.3, -0.25) is 14.3 Å². The highest BCUT2D eigenvalue weighted by atomic mass is 16.2. The standard InChI is InChI=1S/C29H45N7O2/c1-5-6-25(35-19-21(2)23(18-30)20-35)17-22-7-9-24(10-8-22)36-12-11-26(32-28(36)38)33-13-15-34(16-14-33)27(37)29(3,4)31/h7-12,21,23,25H,5-6,13-20,30-31H2,1-4H3/t21?,23-,25?/m1/s1. The third-order valence-electron chi connectivity index (χ3n) is 8.15. The zero-order valence-electron chi connectivity index (χ0n) is 23.5. The molecule has 2 saturated heterocycles. The Balaban J connectivity index is 1.39. The molecule has 1 aromatic heterocycles. The normalized spacial score (nSPS) is 21.6. The van der Waals surface area contributed by atoms with Gasteiger partial charge in [0.05, 0.1) is 11.2 Å². The smallest absolute Gasteiger partial charge is 0.353 e. The Labute approximate surface area is 226 Å². The van der Waals surface area contributed by atoms with Gasteiger partial charge in [0.2, 0.25) is 5.91 Å². The highest BCUT2D eigenvalue weighted by Gasteiger charge is 2.33. The van der Waals surface area contributed by atoms with Crippen molar-refractivity contribution in [2.75, 3.05) is 50.7 Å². The molecule has 0 bridgehead atoms. The van der Waals surface area contributed by atoms with E-state index in [-0.39, 0.29) is 11.6 Å². The van der Waals surface area contributed by atoms with E-state index < -0.39 is 5.54 Å². The Morgan fingerprint density at radius 1 is 1.11 bits per heavy atom. The largest absolute Gasteiger partial charge is 0.354 e. The third kappa shape index (κ3) is 6.45. The van der Waals surface area contributed by atoms with Crippen LogP contribution in [0.5, 0.6) is 0 Å². The molecule has 2 aromatic rings. The average Bonchev–Trinajstić information content (AvgIpc) is 3.28. The number of piperazine rings is 1. The second-order valence-electron chi connectivity index (χ2n) is 11.7. The molecule has 1 aromatic carbocycles. The van der Waals surface area contributed by atoms with E-state index in [0.29, 0.717) is 49.9 Å². The lowest BCUT2D eigenvalue weighted by Gasteiger charge is -2.37. The Kier molecular flexibility index (Phi) is 8.90. The minimum absolute atomic E-state index is 0.0558. The third-order valence-corrected chi connectivity index (χ3v) is 8.15. The molecule has 2 fully saturated rings. The molecular formula is C29H45N7O2. The summed E-state index contributed by atoms with van der Waals surface area (Å²) in [7, 11) is 0. The van der Waals surface area contributed by atoms with Gasteiger partial charge in [-0.15, -0.1) is 0 Å². The molecule has 9 nitrogen and oxygen atoms in total. The fourth-order valence-corrected chi connectivity index (χ4v) is 5.80. The number of nitrogens with zero attached hydrogens (tertiary/aromatic N) is 5. The van der Waals surface area contributed by atoms with Gasteiger partial charge in [-0.2, -0.15) is 4.98 Å². The lowest BCUT2D eigenvalue weighted by Crippen LogP contribution is -2.57. The Morgan fingerprint density at radius 2 is 1.79 bits per heavy atom. The summed E-state index contributed by atoms with van der Waals surface area (Å²) in [5, 5.41) is 0. The van der Waals surface area contributed by atoms with Gasteiger partial charge in [0, 0.05) is 51.5 Å². The van der Waals surface area contributed by atoms with Crippen molar-refractivity contribution in [3.05, 3.63) is 52.6 Å². The van der Waals surface area contributed by atoms with Crippen molar-refractivity contribution in [1.29, 1.82) is 0 Å². The predicted octanol–water partition coefficient (Wildman–Crippen LogP) is 1.86. The molecular weight excluding hydrogens is 478 g/mol. The van der Waals surface area contributed by atoms with Gasteiger partial charge in [-0.05, 0) is 68.8 Å². The van der Waals surface area contributed by atoms with E-state index in [2.05, 4.69) is 35.9 Å². The molecule has 9 heteroatoms. The van der Waals surface area contributed by atoms with Crippen molar-refractivity contribution < 1.29 is 4.79 Å². The maximum atomic E-state index is 12.9. The van der Waals surface area contributed by atoms with Gasteiger partial charge in [-0.1, -0.05) is 32.4 Å². The molecule has 1 amide bonds. The quantitative estimate of drug-likeness (QED) is 0.516. The summed E-state index contributed by atoms with van der Waals surface area (Å²) < 4.78 is 1.58. The van der Waals surface area contributed by atoms with E-state index in [1.807, 2.05) is 23.1 Å². The second kappa shape index (κ2) is 12.0. The molecule has 208 valence electrons. The maximum Gasteiger partial charge on any atom is 0.354 e. The van der Waals surface area contributed by atoms with Gasteiger partial charge in [-0.25, -0.2) is 4.79 Å². The predicted molar refractivity (Wildman–Crippen MR) is 153 cm³/mol. The number of anilines is 1. The van der Waals surface area contributed by atoms with Crippen LogP contribution in [0.25, 0.3) is 5.69 Å². The van der Waals surface area contributed by atoms with E-state index >= 15 is 0 Å². The number of aromatic nitrogens is 2. The lowest BCUT2D eigenvalue weighted by molar-refractivity contribution is -0.136. The van der Waals surface area contributed by atoms with Crippen LogP contribution in [0.2, 0.25) is 0 Å². The van der Waals surface area contributed by atoms with Crippen LogP contribution >= 0.6 is 0 Å². The Morgan fingerprint density at radius 3 is 2.34 bits per heavy atom. The van der Waals surface area contributed by atoms with Gasteiger partial charge >= 0.3 is 5.69 Å². The Bertz CT molecular complexity index is 1130. The van der Waals surface area contributed by atoms with Crippen molar-refractivity contribution in [1.82, 2.24) is 19.4 Å². The fraction of sp³-hybridized carbons (Fsp3) is 0.621. The van der Waals surface area contributed by atoms with Crippen molar-refractivity contribution >= 4 is 11.7 Å². The highest BCUT2D eigenvalue weighted by molar-refractivity contribution is 5.85. The number of carbonyl (C=O) groups is 1. The van der Waals surface area contributed by atoms with Crippen LogP contribution in [0.1, 0.15) is 46.1 Å². The zero-order chi connectivity index (χ0) is 27.4. The van der Waals surface area contributed by atoms with E-state index in [4.69, 9.17) is 11.5 Å². The summed E-state index contributed by atoms with van der Waals surface area (Å²) >= 11 is 0. The van der Waals surface area contributed by atoms with Crippen LogP contribution in [-0.2, 0) is 11.2 Å². The minimum Gasteiger partial charge on any atom is -0.353 e. The number of hydrogen-bond donors (Lipinski definition) is 2. The zero-order valence-corrected chi connectivity index (χ0v) is 23.5.